The van der Waals surface area contributed by atoms with E-state index in [9.17, 15) is 4.79 Å². The number of quaternary nitrogens is 1. The van der Waals surface area contributed by atoms with Crippen molar-refractivity contribution in [3.05, 3.63) is 72.2 Å². The van der Waals surface area contributed by atoms with Crippen LogP contribution in [0.4, 0.5) is 0 Å². The van der Waals surface area contributed by atoms with Gasteiger partial charge in [0.05, 0.1) is 13.1 Å². The Labute approximate surface area is 137 Å². The number of furan rings is 1. The summed E-state index contributed by atoms with van der Waals surface area (Å²) in [4.78, 5) is 14.3. The van der Waals surface area contributed by atoms with E-state index in [2.05, 4.69) is 18.7 Å². The van der Waals surface area contributed by atoms with Crippen LogP contribution >= 0.6 is 0 Å². The number of rotatable bonds is 9. The largest absolute Gasteiger partial charge is 0.464 e. The highest BCUT2D eigenvalue weighted by Gasteiger charge is 2.16. The number of hydrogen-bond acceptors (Lipinski definition) is 2. The second-order valence-corrected chi connectivity index (χ2v) is 5.58. The van der Waals surface area contributed by atoms with Gasteiger partial charge in [0, 0.05) is 6.54 Å². The summed E-state index contributed by atoms with van der Waals surface area (Å²) in [6, 6.07) is 14.1. The van der Waals surface area contributed by atoms with Crippen molar-refractivity contribution in [3.63, 3.8) is 0 Å². The molecule has 0 atom stereocenters. The number of benzene rings is 1. The van der Waals surface area contributed by atoms with Crippen LogP contribution in [0, 0.1) is 6.92 Å². The van der Waals surface area contributed by atoms with Crippen molar-refractivity contribution < 1.29 is 14.5 Å². The Morgan fingerprint density at radius 3 is 2.70 bits per heavy atom. The van der Waals surface area contributed by atoms with Crippen molar-refractivity contribution in [3.8, 4) is 0 Å². The number of amides is 1. The maximum atomic E-state index is 12.5. The SMILES string of the molecule is C=CC[NH2+]CC(=O)N(CCc1ccccc1)Cc1ccc(C)o1. The van der Waals surface area contributed by atoms with Gasteiger partial charge in [0.1, 0.15) is 11.5 Å². The Hall–Kier alpha value is -2.33. The second kappa shape index (κ2) is 8.96. The lowest BCUT2D eigenvalue weighted by Gasteiger charge is -2.21. The van der Waals surface area contributed by atoms with Crippen molar-refractivity contribution in [1.82, 2.24) is 4.90 Å². The van der Waals surface area contributed by atoms with Crippen LogP contribution in [0.2, 0.25) is 0 Å². The summed E-state index contributed by atoms with van der Waals surface area (Å²) < 4.78 is 5.62. The van der Waals surface area contributed by atoms with Gasteiger partial charge >= 0.3 is 0 Å². The molecule has 2 N–H and O–H groups in total. The van der Waals surface area contributed by atoms with E-state index >= 15 is 0 Å². The van der Waals surface area contributed by atoms with Crippen molar-refractivity contribution in [1.29, 1.82) is 0 Å². The van der Waals surface area contributed by atoms with Gasteiger partial charge in [-0.15, -0.1) is 0 Å². The molecule has 0 radical (unpaired) electrons. The van der Waals surface area contributed by atoms with Gasteiger partial charge in [-0.2, -0.15) is 0 Å². The zero-order valence-electron chi connectivity index (χ0n) is 13.7. The van der Waals surface area contributed by atoms with E-state index in [0.717, 1.165) is 24.5 Å². The van der Waals surface area contributed by atoms with Crippen LogP contribution < -0.4 is 5.32 Å². The summed E-state index contributed by atoms with van der Waals surface area (Å²) >= 11 is 0. The standard InChI is InChI=1S/C19H24N2O2/c1-3-12-20-14-19(22)21(15-18-10-9-16(2)23-18)13-11-17-7-5-4-6-8-17/h3-10,20H,1,11-15H2,2H3/p+1. The van der Waals surface area contributed by atoms with Crippen LogP contribution in [-0.4, -0.2) is 30.4 Å². The second-order valence-electron chi connectivity index (χ2n) is 5.58. The third-order valence-corrected chi connectivity index (χ3v) is 3.66. The van der Waals surface area contributed by atoms with Crippen molar-refractivity contribution in [2.24, 2.45) is 0 Å². The van der Waals surface area contributed by atoms with Crippen molar-refractivity contribution in [2.45, 2.75) is 19.9 Å². The monoisotopic (exact) mass is 313 g/mol. The van der Waals surface area contributed by atoms with Gasteiger partial charge < -0.3 is 14.6 Å². The molecule has 122 valence electrons. The molecule has 0 aliphatic carbocycles. The Bertz CT molecular complexity index is 619. The minimum Gasteiger partial charge on any atom is -0.464 e. The molecule has 0 aliphatic rings. The number of hydrogen-bond donors (Lipinski definition) is 1. The number of nitrogens with two attached hydrogens (primary N) is 1. The molecule has 4 nitrogen and oxygen atoms in total. The molecule has 0 saturated heterocycles. The lowest BCUT2D eigenvalue weighted by molar-refractivity contribution is -0.635. The summed E-state index contributed by atoms with van der Waals surface area (Å²) in [5, 5.41) is 1.96. The Kier molecular flexibility index (Phi) is 6.63. The number of aryl methyl sites for hydroxylation is 1. The molecule has 0 unspecified atom stereocenters. The molecule has 1 amide bonds. The molecule has 4 heteroatoms. The van der Waals surface area contributed by atoms with Gasteiger partial charge in [0.15, 0.2) is 6.54 Å². The summed E-state index contributed by atoms with van der Waals surface area (Å²) in [6.07, 6.45) is 2.64. The molecular formula is C19H25N2O2+. The number of carbonyl (C=O) groups is 1. The van der Waals surface area contributed by atoms with Crippen molar-refractivity contribution in [2.75, 3.05) is 19.6 Å². The first kappa shape index (κ1) is 17.0. The molecule has 23 heavy (non-hydrogen) atoms. The third kappa shape index (κ3) is 5.75. The van der Waals surface area contributed by atoms with Crippen LogP contribution in [0.5, 0.6) is 0 Å². The van der Waals surface area contributed by atoms with E-state index in [1.165, 1.54) is 5.56 Å². The fourth-order valence-electron chi connectivity index (χ4n) is 2.41. The Morgan fingerprint density at radius 2 is 2.04 bits per heavy atom. The lowest BCUT2D eigenvalue weighted by Crippen LogP contribution is -2.86. The van der Waals surface area contributed by atoms with E-state index < -0.39 is 0 Å². The fourth-order valence-corrected chi connectivity index (χ4v) is 2.41. The average molecular weight is 313 g/mol. The van der Waals surface area contributed by atoms with Crippen LogP contribution in [0.15, 0.2) is 59.5 Å². The number of carbonyl (C=O) groups excluding carboxylic acids is 1. The van der Waals surface area contributed by atoms with Crippen LogP contribution in [0.3, 0.4) is 0 Å². The van der Waals surface area contributed by atoms with Gasteiger partial charge in [0.25, 0.3) is 5.91 Å². The minimum absolute atomic E-state index is 0.122. The third-order valence-electron chi connectivity index (χ3n) is 3.66. The molecule has 2 aromatic rings. The molecule has 0 fully saturated rings. The molecular weight excluding hydrogens is 288 g/mol. The first-order chi connectivity index (χ1) is 11.2. The fraction of sp³-hybridized carbons (Fsp3) is 0.316. The smallest absolute Gasteiger partial charge is 0.278 e. The van der Waals surface area contributed by atoms with Gasteiger partial charge in [0.2, 0.25) is 0 Å². The van der Waals surface area contributed by atoms with E-state index in [-0.39, 0.29) is 5.91 Å². The minimum atomic E-state index is 0.122. The predicted octanol–water partition coefficient (Wildman–Crippen LogP) is 1.91. The first-order valence-electron chi connectivity index (χ1n) is 7.98. The molecule has 0 aliphatic heterocycles. The predicted molar refractivity (Wildman–Crippen MR) is 90.9 cm³/mol. The highest BCUT2D eigenvalue weighted by atomic mass is 16.3. The van der Waals surface area contributed by atoms with Crippen LogP contribution in [-0.2, 0) is 17.8 Å². The Morgan fingerprint density at radius 1 is 1.26 bits per heavy atom. The summed E-state index contributed by atoms with van der Waals surface area (Å²) in [6.45, 7) is 7.97. The Balaban J connectivity index is 1.97. The average Bonchev–Trinajstić information content (AvgIpc) is 2.97. The number of nitrogens with zero attached hydrogens (tertiary/aromatic N) is 1. The van der Waals surface area contributed by atoms with Gasteiger partial charge in [-0.1, -0.05) is 36.9 Å². The highest BCUT2D eigenvalue weighted by Crippen LogP contribution is 2.11. The van der Waals surface area contributed by atoms with Gasteiger partial charge in [-0.25, -0.2) is 0 Å². The summed E-state index contributed by atoms with van der Waals surface area (Å²) in [7, 11) is 0. The van der Waals surface area contributed by atoms with Crippen molar-refractivity contribution >= 4 is 5.91 Å². The molecule has 2 rings (SSSR count). The molecule has 0 spiro atoms. The van der Waals surface area contributed by atoms with E-state index in [4.69, 9.17) is 4.42 Å². The summed E-state index contributed by atoms with van der Waals surface area (Å²) in [5.41, 5.74) is 1.23. The molecule has 1 heterocycles. The van der Waals surface area contributed by atoms with Crippen LogP contribution in [0.1, 0.15) is 17.1 Å². The quantitative estimate of drug-likeness (QED) is 0.568. The van der Waals surface area contributed by atoms with Gasteiger partial charge in [-0.3, -0.25) is 4.79 Å². The first-order valence-corrected chi connectivity index (χ1v) is 7.98. The van der Waals surface area contributed by atoms with Crippen LogP contribution in [0.25, 0.3) is 0 Å². The topological polar surface area (TPSA) is 50.1 Å². The molecule has 0 bridgehead atoms. The van der Waals surface area contributed by atoms with Gasteiger partial charge in [-0.05, 0) is 37.1 Å². The maximum absolute atomic E-state index is 12.5. The highest BCUT2D eigenvalue weighted by molar-refractivity contribution is 5.77. The van der Waals surface area contributed by atoms with E-state index in [1.807, 2.05) is 47.5 Å². The zero-order valence-corrected chi connectivity index (χ0v) is 13.7. The lowest BCUT2D eigenvalue weighted by atomic mass is 10.1. The zero-order chi connectivity index (χ0) is 16.5. The summed E-state index contributed by atoms with van der Waals surface area (Å²) in [5.74, 6) is 1.82. The van der Waals surface area contributed by atoms with E-state index in [1.54, 1.807) is 6.08 Å². The maximum Gasteiger partial charge on any atom is 0.278 e. The normalized spacial score (nSPS) is 10.5. The van der Waals surface area contributed by atoms with E-state index in [0.29, 0.717) is 19.6 Å². The molecule has 0 saturated carbocycles. The molecule has 1 aromatic carbocycles. The molecule has 1 aromatic heterocycles.